The van der Waals surface area contributed by atoms with Gasteiger partial charge in [-0.2, -0.15) is 0 Å². The Morgan fingerprint density at radius 2 is 1.48 bits per heavy atom. The summed E-state index contributed by atoms with van der Waals surface area (Å²) < 4.78 is 10.3. The predicted octanol–water partition coefficient (Wildman–Crippen LogP) is 3.04. The number of hydrogen-bond acceptors (Lipinski definition) is 5. The average Bonchev–Trinajstić information content (AvgIpc) is 2.64. The Kier molecular flexibility index (Phi) is 8.72. The lowest BCUT2D eigenvalue weighted by Gasteiger charge is -2.38. The molecule has 0 saturated carbocycles. The van der Waals surface area contributed by atoms with Gasteiger partial charge in [0.2, 0.25) is 11.4 Å². The number of amides is 1. The Morgan fingerprint density at radius 3 is 1.85 bits per heavy atom. The van der Waals surface area contributed by atoms with E-state index in [1.165, 1.54) is 11.8 Å². The molecule has 0 unspecified atom stereocenters. The highest BCUT2D eigenvalue weighted by Gasteiger charge is 2.53. The fourth-order valence-electron chi connectivity index (χ4n) is 2.93. The highest BCUT2D eigenvalue weighted by molar-refractivity contribution is 6.07. The first kappa shape index (κ1) is 22.4. The first-order chi connectivity index (χ1) is 12.9. The van der Waals surface area contributed by atoms with Crippen LogP contribution in [-0.4, -0.2) is 41.5 Å². The largest absolute Gasteiger partial charge is 0.464 e. The minimum absolute atomic E-state index is 0.0544. The summed E-state index contributed by atoms with van der Waals surface area (Å²) >= 11 is 0. The van der Waals surface area contributed by atoms with Crippen LogP contribution in [0, 0.1) is 0 Å². The summed E-state index contributed by atoms with van der Waals surface area (Å²) in [5, 5.41) is 0. The van der Waals surface area contributed by atoms with Gasteiger partial charge in [-0.3, -0.25) is 4.79 Å². The van der Waals surface area contributed by atoms with E-state index in [2.05, 4.69) is 6.58 Å². The second-order valence-corrected chi connectivity index (χ2v) is 6.07. The summed E-state index contributed by atoms with van der Waals surface area (Å²) in [4.78, 5) is 39.2. The van der Waals surface area contributed by atoms with E-state index in [9.17, 15) is 14.4 Å². The van der Waals surface area contributed by atoms with Crippen LogP contribution in [0.5, 0.6) is 0 Å². The van der Waals surface area contributed by atoms with Crippen LogP contribution in [0.4, 0.5) is 0 Å². The molecule has 0 bridgehead atoms. The number of ether oxygens (including phenoxy) is 2. The highest BCUT2D eigenvalue weighted by Crippen LogP contribution is 2.27. The third kappa shape index (κ3) is 5.18. The number of hydrogen-bond donors (Lipinski definition) is 0. The van der Waals surface area contributed by atoms with E-state index in [0.717, 1.165) is 17.5 Å². The molecule has 0 aliphatic rings. The van der Waals surface area contributed by atoms with Crippen LogP contribution in [0.2, 0.25) is 0 Å². The van der Waals surface area contributed by atoms with Crippen molar-refractivity contribution in [1.29, 1.82) is 0 Å². The first-order valence-electron chi connectivity index (χ1n) is 9.18. The number of rotatable bonds is 10. The second kappa shape index (κ2) is 10.5. The van der Waals surface area contributed by atoms with Crippen molar-refractivity contribution >= 4 is 17.8 Å². The van der Waals surface area contributed by atoms with E-state index in [-0.39, 0.29) is 26.2 Å². The number of carbonyl (C=O) groups excluding carboxylic acids is 3. The maximum absolute atomic E-state index is 12.8. The maximum Gasteiger partial charge on any atom is 0.343 e. The summed E-state index contributed by atoms with van der Waals surface area (Å²) in [5.74, 6) is -1.96. The van der Waals surface area contributed by atoms with E-state index in [0.29, 0.717) is 0 Å². The van der Waals surface area contributed by atoms with Gasteiger partial charge in [0.15, 0.2) is 0 Å². The molecule has 6 heteroatoms. The van der Waals surface area contributed by atoms with Crippen molar-refractivity contribution in [1.82, 2.24) is 4.90 Å². The first-order valence-corrected chi connectivity index (χ1v) is 9.18. The lowest BCUT2D eigenvalue weighted by molar-refractivity contribution is -0.180. The Bertz CT molecular complexity index is 648. The lowest BCUT2D eigenvalue weighted by atomic mass is 9.92. The fraction of sp³-hybridized carbons (Fsp3) is 0.476. The fourth-order valence-corrected chi connectivity index (χ4v) is 2.93. The molecule has 1 amide bonds. The zero-order chi connectivity index (χ0) is 20.4. The summed E-state index contributed by atoms with van der Waals surface area (Å²) in [6, 6.07) is 7.59. The van der Waals surface area contributed by atoms with Crippen molar-refractivity contribution < 1.29 is 23.9 Å². The second-order valence-electron chi connectivity index (χ2n) is 6.07. The van der Waals surface area contributed by atoms with Gasteiger partial charge in [-0.05, 0) is 37.8 Å². The van der Waals surface area contributed by atoms with E-state index in [1.54, 1.807) is 26.8 Å². The minimum atomic E-state index is -1.81. The van der Waals surface area contributed by atoms with Crippen molar-refractivity contribution in [3.05, 3.63) is 48.0 Å². The smallest absolute Gasteiger partial charge is 0.343 e. The van der Waals surface area contributed by atoms with Crippen molar-refractivity contribution in [2.45, 2.75) is 52.6 Å². The molecule has 0 fully saturated rings. The maximum atomic E-state index is 12.8. The molecule has 1 aromatic rings. The third-order valence-electron chi connectivity index (χ3n) is 4.32. The van der Waals surface area contributed by atoms with Crippen LogP contribution in [-0.2, 0) is 36.8 Å². The van der Waals surface area contributed by atoms with Gasteiger partial charge in [-0.25, -0.2) is 9.59 Å². The quantitative estimate of drug-likeness (QED) is 0.357. The Hall–Kier alpha value is -2.63. The molecule has 0 aliphatic carbocycles. The molecule has 0 saturated heterocycles. The van der Waals surface area contributed by atoms with Gasteiger partial charge in [-0.1, -0.05) is 37.3 Å². The van der Waals surface area contributed by atoms with Gasteiger partial charge in [-0.15, -0.1) is 6.58 Å². The number of carbonyl (C=O) groups is 3. The van der Waals surface area contributed by atoms with Crippen molar-refractivity contribution in [3.8, 4) is 0 Å². The SMILES string of the molecule is C=CCc1ccc(CN(C(C)=O)C(CC)(C(=O)OCC)C(=O)OCC)cc1. The number of benzene rings is 1. The van der Waals surface area contributed by atoms with Crippen molar-refractivity contribution in [2.75, 3.05) is 13.2 Å². The Labute approximate surface area is 161 Å². The number of esters is 2. The van der Waals surface area contributed by atoms with Gasteiger partial charge in [0.1, 0.15) is 0 Å². The summed E-state index contributed by atoms with van der Waals surface area (Å²) in [7, 11) is 0. The van der Waals surface area contributed by atoms with Crippen LogP contribution in [0.15, 0.2) is 36.9 Å². The molecule has 1 aromatic carbocycles. The molecule has 1 rings (SSSR count). The topological polar surface area (TPSA) is 72.9 Å². The van der Waals surface area contributed by atoms with Crippen LogP contribution in [0.25, 0.3) is 0 Å². The zero-order valence-electron chi connectivity index (χ0n) is 16.6. The number of allylic oxidation sites excluding steroid dienone is 1. The molecule has 0 aliphatic heterocycles. The van der Waals surface area contributed by atoms with E-state index in [1.807, 2.05) is 24.3 Å². The predicted molar refractivity (Wildman–Crippen MR) is 103 cm³/mol. The molecular weight excluding hydrogens is 346 g/mol. The zero-order valence-corrected chi connectivity index (χ0v) is 16.6. The normalized spacial score (nSPS) is 10.8. The van der Waals surface area contributed by atoms with Gasteiger partial charge in [0.25, 0.3) is 0 Å². The molecule has 0 spiro atoms. The van der Waals surface area contributed by atoms with Gasteiger partial charge in [0, 0.05) is 13.5 Å². The molecule has 0 atom stereocenters. The molecule has 0 radical (unpaired) electrons. The van der Waals surface area contributed by atoms with Crippen molar-refractivity contribution in [3.63, 3.8) is 0 Å². The standard InChI is InChI=1S/C21H29NO5/c1-6-10-17-11-13-18(14-12-17)15-22(16(5)23)21(7-2,19(24)26-8-3)20(25)27-9-4/h6,11-14H,1,7-10,15H2,2-5H3. The van der Waals surface area contributed by atoms with Gasteiger partial charge in [0.05, 0.1) is 13.2 Å². The van der Waals surface area contributed by atoms with E-state index in [4.69, 9.17) is 9.47 Å². The molecule has 0 aromatic heterocycles. The van der Waals surface area contributed by atoms with E-state index >= 15 is 0 Å². The van der Waals surface area contributed by atoms with Gasteiger partial charge < -0.3 is 14.4 Å². The van der Waals surface area contributed by atoms with Crippen LogP contribution >= 0.6 is 0 Å². The highest BCUT2D eigenvalue weighted by atomic mass is 16.6. The summed E-state index contributed by atoms with van der Waals surface area (Å²) in [6.07, 6.45) is 2.60. The average molecular weight is 375 g/mol. The molecule has 0 heterocycles. The summed E-state index contributed by atoms with van der Waals surface area (Å²) in [5.41, 5.74) is 0.0718. The van der Waals surface area contributed by atoms with Crippen molar-refractivity contribution in [2.24, 2.45) is 0 Å². The summed E-state index contributed by atoms with van der Waals surface area (Å²) in [6.45, 7) is 10.3. The molecular formula is C21H29NO5. The van der Waals surface area contributed by atoms with Crippen LogP contribution < -0.4 is 0 Å². The van der Waals surface area contributed by atoms with E-state index < -0.39 is 23.4 Å². The van der Waals surface area contributed by atoms with Crippen LogP contribution in [0.3, 0.4) is 0 Å². The third-order valence-corrected chi connectivity index (χ3v) is 4.32. The Morgan fingerprint density at radius 1 is 1.00 bits per heavy atom. The molecule has 6 nitrogen and oxygen atoms in total. The molecule has 0 N–H and O–H groups in total. The number of nitrogens with zero attached hydrogens (tertiary/aromatic N) is 1. The lowest BCUT2D eigenvalue weighted by Crippen LogP contribution is -2.62. The van der Waals surface area contributed by atoms with Gasteiger partial charge >= 0.3 is 11.9 Å². The van der Waals surface area contributed by atoms with Crippen LogP contribution in [0.1, 0.15) is 45.2 Å². The minimum Gasteiger partial charge on any atom is -0.464 e. The molecule has 148 valence electrons. The monoisotopic (exact) mass is 375 g/mol. The Balaban J connectivity index is 3.33. The molecule has 27 heavy (non-hydrogen) atoms.